The zero-order valence-electron chi connectivity index (χ0n) is 29.7. The molecule has 0 spiro atoms. The summed E-state index contributed by atoms with van der Waals surface area (Å²) in [4.78, 5) is 6.08. The second-order valence-corrected chi connectivity index (χ2v) is 13.9. The fraction of sp³-hybridized carbons (Fsp3) is 0.450. The van der Waals surface area contributed by atoms with Crippen LogP contribution < -0.4 is 0 Å². The summed E-state index contributed by atoms with van der Waals surface area (Å²) in [6.07, 6.45) is 33.4. The van der Waals surface area contributed by atoms with Crippen LogP contribution in [0, 0.1) is 10.8 Å². The number of azide groups is 2. The van der Waals surface area contributed by atoms with Gasteiger partial charge in [0, 0.05) is 9.82 Å². The van der Waals surface area contributed by atoms with Crippen LogP contribution in [0.3, 0.4) is 0 Å². The monoisotopic (exact) mass is 618 g/mol. The number of hydrogen-bond donors (Lipinski definition) is 0. The Balaban J connectivity index is 1.97. The van der Waals surface area contributed by atoms with Crippen molar-refractivity contribution < 1.29 is 0 Å². The summed E-state index contributed by atoms with van der Waals surface area (Å²) >= 11 is 0. The molecule has 0 saturated carbocycles. The molecule has 0 aliphatic heterocycles. The standard InChI is InChI=1S/C40H54N6/c1-29(17-13-19-31(3)21-23-35-33(5)37(43-45-41)25-27-39(35,7)8)15-11-12-16-30(2)18-14-20-32(4)22-24-36-34(6)38(44-46-42)26-28-40(36,9)10/h11-24,37-38H,25-28H2,1-10H3/b12-11+,17-13+,18-14+,23-21+,24-22+,29-15+,30-16+,31-19-,32-20+. The highest BCUT2D eigenvalue weighted by Crippen LogP contribution is 2.43. The fourth-order valence-corrected chi connectivity index (χ4v) is 6.02. The molecule has 6 heteroatoms. The molecule has 0 aromatic rings. The molecule has 2 atom stereocenters. The van der Waals surface area contributed by atoms with Crippen LogP contribution in [0.1, 0.15) is 94.9 Å². The van der Waals surface area contributed by atoms with Gasteiger partial charge in [0.1, 0.15) is 0 Å². The van der Waals surface area contributed by atoms with E-state index < -0.39 is 0 Å². The molecule has 2 aliphatic rings. The fourth-order valence-electron chi connectivity index (χ4n) is 6.02. The molecular weight excluding hydrogens is 564 g/mol. The Morgan fingerprint density at radius 2 is 0.913 bits per heavy atom. The van der Waals surface area contributed by atoms with Crippen LogP contribution in [0.2, 0.25) is 0 Å². The van der Waals surface area contributed by atoms with Gasteiger partial charge in [0.2, 0.25) is 0 Å². The van der Waals surface area contributed by atoms with Crippen LogP contribution in [0.25, 0.3) is 20.9 Å². The Labute approximate surface area is 278 Å². The summed E-state index contributed by atoms with van der Waals surface area (Å²) in [5.41, 5.74) is 27.5. The zero-order chi connectivity index (χ0) is 34.3. The van der Waals surface area contributed by atoms with E-state index in [9.17, 15) is 0 Å². The number of allylic oxidation sites excluding steroid dienone is 20. The quantitative estimate of drug-likeness (QED) is 0.0899. The number of hydrogen-bond acceptors (Lipinski definition) is 2. The first-order valence-corrected chi connectivity index (χ1v) is 16.3. The molecule has 0 N–H and O–H groups in total. The van der Waals surface area contributed by atoms with E-state index in [4.69, 9.17) is 11.1 Å². The van der Waals surface area contributed by atoms with Crippen molar-refractivity contribution in [3.05, 3.63) is 151 Å². The molecule has 0 aromatic carbocycles. The van der Waals surface area contributed by atoms with Gasteiger partial charge in [-0.3, -0.25) is 0 Å². The molecule has 0 amide bonds. The highest BCUT2D eigenvalue weighted by atomic mass is 15.2. The summed E-state index contributed by atoms with van der Waals surface area (Å²) in [6.45, 7) is 21.6. The molecule has 0 bridgehead atoms. The van der Waals surface area contributed by atoms with Gasteiger partial charge >= 0.3 is 0 Å². The van der Waals surface area contributed by atoms with Crippen molar-refractivity contribution in [1.82, 2.24) is 0 Å². The molecule has 0 fully saturated rings. The van der Waals surface area contributed by atoms with Crippen molar-refractivity contribution in [3.8, 4) is 0 Å². The summed E-state index contributed by atoms with van der Waals surface area (Å²) < 4.78 is 0. The Bertz CT molecular complexity index is 1430. The molecule has 6 nitrogen and oxygen atoms in total. The Hall–Kier alpha value is -4.24. The molecule has 244 valence electrons. The zero-order valence-corrected chi connectivity index (χ0v) is 29.7. The van der Waals surface area contributed by atoms with Gasteiger partial charge in [0.15, 0.2) is 0 Å². The Morgan fingerprint density at radius 1 is 0.587 bits per heavy atom. The van der Waals surface area contributed by atoms with Crippen molar-refractivity contribution in [1.29, 1.82) is 0 Å². The molecule has 46 heavy (non-hydrogen) atoms. The smallest absolute Gasteiger partial charge is 0.0588 e. The second kappa shape index (κ2) is 18.0. The topological polar surface area (TPSA) is 97.5 Å². The summed E-state index contributed by atoms with van der Waals surface area (Å²) in [6, 6.07) is -0.0925. The van der Waals surface area contributed by atoms with Gasteiger partial charge in [-0.1, -0.05) is 156 Å². The first-order valence-electron chi connectivity index (χ1n) is 16.3. The summed E-state index contributed by atoms with van der Waals surface area (Å²) in [5, 5.41) is 7.99. The highest BCUT2D eigenvalue weighted by Gasteiger charge is 2.32. The lowest BCUT2D eigenvalue weighted by Gasteiger charge is -2.35. The van der Waals surface area contributed by atoms with Gasteiger partial charge in [-0.25, -0.2) is 0 Å². The van der Waals surface area contributed by atoms with Gasteiger partial charge in [0.05, 0.1) is 12.1 Å². The Morgan fingerprint density at radius 3 is 1.26 bits per heavy atom. The van der Waals surface area contributed by atoms with Crippen molar-refractivity contribution in [3.63, 3.8) is 0 Å². The predicted octanol–water partition coefficient (Wildman–Crippen LogP) is 13.2. The van der Waals surface area contributed by atoms with E-state index in [1.54, 1.807) is 0 Å². The average Bonchev–Trinajstić information content (AvgIpc) is 2.98. The van der Waals surface area contributed by atoms with E-state index >= 15 is 0 Å². The van der Waals surface area contributed by atoms with Gasteiger partial charge in [-0.15, -0.1) is 0 Å². The molecule has 0 heterocycles. The molecule has 0 aromatic heterocycles. The molecule has 0 saturated heterocycles. The minimum absolute atomic E-state index is 0.0463. The number of rotatable bonds is 12. The van der Waals surface area contributed by atoms with Gasteiger partial charge in [0.25, 0.3) is 0 Å². The van der Waals surface area contributed by atoms with Crippen molar-refractivity contribution in [2.45, 2.75) is 107 Å². The van der Waals surface area contributed by atoms with Crippen LogP contribution in [-0.2, 0) is 0 Å². The molecule has 2 rings (SSSR count). The minimum Gasteiger partial charge on any atom is -0.0863 e. The van der Waals surface area contributed by atoms with Crippen LogP contribution in [0.5, 0.6) is 0 Å². The van der Waals surface area contributed by atoms with Crippen LogP contribution >= 0.6 is 0 Å². The third-order valence-corrected chi connectivity index (χ3v) is 9.07. The lowest BCUT2D eigenvalue weighted by Crippen LogP contribution is -2.26. The van der Waals surface area contributed by atoms with Crippen LogP contribution in [0.4, 0.5) is 0 Å². The van der Waals surface area contributed by atoms with E-state index in [1.807, 2.05) is 0 Å². The minimum atomic E-state index is -0.0463. The largest absolute Gasteiger partial charge is 0.0863 e. The molecule has 2 unspecified atom stereocenters. The van der Waals surface area contributed by atoms with E-state index in [1.165, 1.54) is 22.3 Å². The van der Waals surface area contributed by atoms with Gasteiger partial charge in [-0.2, -0.15) is 0 Å². The molecule has 0 radical (unpaired) electrons. The van der Waals surface area contributed by atoms with Crippen molar-refractivity contribution in [2.24, 2.45) is 21.1 Å². The van der Waals surface area contributed by atoms with Crippen LogP contribution in [-0.4, -0.2) is 12.1 Å². The summed E-state index contributed by atoms with van der Waals surface area (Å²) in [5.74, 6) is 0. The highest BCUT2D eigenvalue weighted by molar-refractivity contribution is 5.41. The first kappa shape index (κ1) is 37.9. The molecule has 2 aliphatic carbocycles. The lowest BCUT2D eigenvalue weighted by atomic mass is 9.71. The normalized spacial score (nSPS) is 23.3. The SMILES string of the molecule is CC1=C(/C=C/C(C)=C\C=C\C(C)=C\C=C\C=C(C)\C=C\C=C(C)\C=C\C2=C(C)C(N=[N+]=[N-])CCC2(C)C)C(C)(C)CCC1N=[N+]=[N-]. The van der Waals surface area contributed by atoms with Crippen LogP contribution in [0.15, 0.2) is 140 Å². The van der Waals surface area contributed by atoms with E-state index in [0.717, 1.165) is 48.0 Å². The summed E-state index contributed by atoms with van der Waals surface area (Å²) in [7, 11) is 0. The number of nitrogens with zero attached hydrogens (tertiary/aromatic N) is 6. The first-order chi connectivity index (χ1) is 21.7. The lowest BCUT2D eigenvalue weighted by molar-refractivity contribution is 0.359. The average molecular weight is 619 g/mol. The third kappa shape index (κ3) is 11.9. The maximum absolute atomic E-state index is 8.91. The Kier molecular flexibility index (Phi) is 14.9. The second-order valence-electron chi connectivity index (χ2n) is 13.9. The van der Waals surface area contributed by atoms with Crippen molar-refractivity contribution in [2.75, 3.05) is 0 Å². The van der Waals surface area contributed by atoms with Crippen molar-refractivity contribution >= 4 is 0 Å². The van der Waals surface area contributed by atoms with Gasteiger partial charge < -0.3 is 0 Å². The van der Waals surface area contributed by atoms with E-state index in [0.29, 0.717) is 0 Å². The maximum atomic E-state index is 8.91. The van der Waals surface area contributed by atoms with E-state index in [2.05, 4.69) is 174 Å². The third-order valence-electron chi connectivity index (χ3n) is 9.07. The predicted molar refractivity (Wildman–Crippen MR) is 198 cm³/mol. The molecular formula is C40H54N6. The maximum Gasteiger partial charge on any atom is 0.0588 e. The van der Waals surface area contributed by atoms with Gasteiger partial charge in [-0.05, 0) is 100 Å². The van der Waals surface area contributed by atoms with E-state index in [-0.39, 0.29) is 22.9 Å².